The van der Waals surface area contributed by atoms with Gasteiger partial charge in [0.15, 0.2) is 5.82 Å². The number of hydrogen-bond acceptors (Lipinski definition) is 10. The van der Waals surface area contributed by atoms with Gasteiger partial charge in [-0.15, -0.1) is 15.3 Å². The minimum atomic E-state index is -2.54. The van der Waals surface area contributed by atoms with E-state index in [0.29, 0.717) is 61.5 Å². The second-order valence-corrected chi connectivity index (χ2v) is 8.25. The van der Waals surface area contributed by atoms with Gasteiger partial charge in [0.25, 0.3) is 6.43 Å². The predicted molar refractivity (Wildman–Crippen MR) is 126 cm³/mol. The molecule has 0 spiro atoms. The lowest BCUT2D eigenvalue weighted by Gasteiger charge is -2.40. The van der Waals surface area contributed by atoms with Crippen LogP contribution in [-0.4, -0.2) is 81.9 Å². The molecule has 3 heterocycles. The van der Waals surface area contributed by atoms with Crippen molar-refractivity contribution in [2.24, 2.45) is 5.73 Å². The highest BCUT2D eigenvalue weighted by Crippen LogP contribution is 2.22. The van der Waals surface area contributed by atoms with Crippen LogP contribution < -0.4 is 15.4 Å². The Hall–Kier alpha value is -3.71. The first-order valence-corrected chi connectivity index (χ1v) is 11.4. The lowest BCUT2D eigenvalue weighted by molar-refractivity contribution is -0.147. The molecule has 1 atom stereocenters. The van der Waals surface area contributed by atoms with Crippen molar-refractivity contribution in [1.82, 2.24) is 30.1 Å². The maximum Gasteiger partial charge on any atom is 0.324 e. The Morgan fingerprint density at radius 2 is 1.92 bits per heavy atom. The van der Waals surface area contributed by atoms with Crippen LogP contribution in [0, 0.1) is 6.92 Å². The number of halogens is 2. The van der Waals surface area contributed by atoms with Crippen molar-refractivity contribution < 1.29 is 23.0 Å². The number of piperazine rings is 1. The smallest absolute Gasteiger partial charge is 0.324 e. The molecular formula is C23H28F2N8O3. The van der Waals surface area contributed by atoms with Crippen molar-refractivity contribution in [3.05, 3.63) is 53.3 Å². The quantitative estimate of drug-likeness (QED) is 0.431. The molecule has 0 amide bonds. The van der Waals surface area contributed by atoms with Gasteiger partial charge in [-0.05, 0) is 25.1 Å². The molecule has 2 N–H and O–H groups in total. The highest BCUT2D eigenvalue weighted by molar-refractivity contribution is 5.77. The number of esters is 1. The fourth-order valence-corrected chi connectivity index (χ4v) is 4.03. The Labute approximate surface area is 206 Å². The predicted octanol–water partition coefficient (Wildman–Crippen LogP) is 1.50. The van der Waals surface area contributed by atoms with Gasteiger partial charge in [0.2, 0.25) is 5.88 Å². The van der Waals surface area contributed by atoms with Crippen molar-refractivity contribution >= 4 is 11.8 Å². The zero-order chi connectivity index (χ0) is 25.7. The van der Waals surface area contributed by atoms with E-state index in [4.69, 9.17) is 15.2 Å². The van der Waals surface area contributed by atoms with Crippen molar-refractivity contribution in [2.75, 3.05) is 44.7 Å². The lowest BCUT2D eigenvalue weighted by Crippen LogP contribution is -2.58. The van der Waals surface area contributed by atoms with Crippen LogP contribution in [0.4, 0.5) is 14.6 Å². The lowest BCUT2D eigenvalue weighted by atomic mass is 10.1. The summed E-state index contributed by atoms with van der Waals surface area (Å²) in [6.45, 7) is 4.66. The molecule has 2 aromatic heterocycles. The molecule has 192 valence electrons. The molecular weight excluding hydrogens is 474 g/mol. The molecule has 11 nitrogen and oxygen atoms in total. The summed E-state index contributed by atoms with van der Waals surface area (Å²) in [6.07, 6.45) is -2.54. The minimum Gasteiger partial charge on any atom is -0.470 e. The molecule has 0 radical (unpaired) electrons. The van der Waals surface area contributed by atoms with Gasteiger partial charge in [0.05, 0.1) is 18.5 Å². The Balaban J connectivity index is 1.42. The third-order valence-corrected chi connectivity index (χ3v) is 6.03. The zero-order valence-corrected chi connectivity index (χ0v) is 20.0. The minimum absolute atomic E-state index is 0.0672. The number of alkyl halides is 2. The van der Waals surface area contributed by atoms with Crippen LogP contribution in [-0.2, 0) is 16.1 Å². The molecule has 0 bridgehead atoms. The van der Waals surface area contributed by atoms with E-state index in [0.717, 1.165) is 0 Å². The first-order chi connectivity index (χ1) is 17.4. The summed E-state index contributed by atoms with van der Waals surface area (Å²) >= 11 is 0. The van der Waals surface area contributed by atoms with Crippen LogP contribution >= 0.6 is 0 Å². The number of rotatable bonds is 9. The summed E-state index contributed by atoms with van der Waals surface area (Å²) in [5.74, 6) is 0.599. The second kappa shape index (κ2) is 11.4. The Morgan fingerprint density at radius 3 is 2.56 bits per heavy atom. The van der Waals surface area contributed by atoms with Gasteiger partial charge in [-0.1, -0.05) is 17.3 Å². The topological polar surface area (TPSA) is 125 Å². The highest BCUT2D eigenvalue weighted by Gasteiger charge is 2.33. The molecule has 4 rings (SSSR count). The summed E-state index contributed by atoms with van der Waals surface area (Å²) < 4.78 is 38.0. The van der Waals surface area contributed by atoms with E-state index < -0.39 is 12.5 Å². The molecule has 1 fully saturated rings. The molecule has 1 aliphatic rings. The van der Waals surface area contributed by atoms with E-state index in [1.54, 1.807) is 35.9 Å². The molecule has 1 saturated heterocycles. The number of nitrogens with zero attached hydrogens (tertiary/aromatic N) is 7. The molecule has 36 heavy (non-hydrogen) atoms. The van der Waals surface area contributed by atoms with Gasteiger partial charge in [-0.3, -0.25) is 9.69 Å². The molecule has 0 aliphatic carbocycles. The highest BCUT2D eigenvalue weighted by atomic mass is 19.3. The standard InChI is InChI=1S/C23H28F2N8O3/c1-15-19(33(30-27-15)17-5-3-16(4-6-17)22(24)25)14-36-21-8-7-20(28-29-21)32-12-11-31(10-9-26)18(13-32)23(34)35-2/h3-8,18,22H,9-14,26H2,1-2H3/t18-/m0/s1. The first-order valence-electron chi connectivity index (χ1n) is 11.4. The molecule has 0 saturated carbocycles. The third kappa shape index (κ3) is 5.57. The van der Waals surface area contributed by atoms with Crippen LogP contribution in [0.3, 0.4) is 0 Å². The average Bonchev–Trinajstić information content (AvgIpc) is 3.27. The number of nitrogens with two attached hydrogens (primary N) is 1. The van der Waals surface area contributed by atoms with E-state index in [-0.39, 0.29) is 18.1 Å². The van der Waals surface area contributed by atoms with Crippen LogP contribution in [0.15, 0.2) is 36.4 Å². The summed E-state index contributed by atoms with van der Waals surface area (Å²) in [5, 5.41) is 16.6. The number of hydrogen-bond donors (Lipinski definition) is 1. The monoisotopic (exact) mass is 502 g/mol. The van der Waals surface area contributed by atoms with Crippen molar-refractivity contribution in [2.45, 2.75) is 26.0 Å². The summed E-state index contributed by atoms with van der Waals surface area (Å²) in [5.41, 5.74) is 7.50. The molecule has 3 aromatic rings. The van der Waals surface area contributed by atoms with Crippen LogP contribution in [0.2, 0.25) is 0 Å². The first kappa shape index (κ1) is 25.4. The van der Waals surface area contributed by atoms with Crippen LogP contribution in [0.25, 0.3) is 5.69 Å². The number of carbonyl (C=O) groups is 1. The Bertz CT molecular complexity index is 1160. The average molecular weight is 503 g/mol. The zero-order valence-electron chi connectivity index (χ0n) is 20.0. The number of aryl methyl sites for hydroxylation is 1. The summed E-state index contributed by atoms with van der Waals surface area (Å²) in [6, 6.07) is 8.86. The van der Waals surface area contributed by atoms with E-state index in [9.17, 15) is 13.6 Å². The van der Waals surface area contributed by atoms with Crippen molar-refractivity contribution in [1.29, 1.82) is 0 Å². The number of carbonyl (C=O) groups excluding carboxylic acids is 1. The summed E-state index contributed by atoms with van der Waals surface area (Å²) in [4.78, 5) is 16.2. The third-order valence-electron chi connectivity index (χ3n) is 6.03. The maximum atomic E-state index is 12.9. The Kier molecular flexibility index (Phi) is 8.00. The van der Waals surface area contributed by atoms with Gasteiger partial charge in [0, 0.05) is 44.4 Å². The molecule has 0 unspecified atom stereocenters. The maximum absolute atomic E-state index is 12.9. The van der Waals surface area contributed by atoms with Gasteiger partial charge >= 0.3 is 5.97 Å². The van der Waals surface area contributed by atoms with Gasteiger partial charge < -0.3 is 20.1 Å². The number of methoxy groups -OCH3 is 1. The fraction of sp³-hybridized carbons (Fsp3) is 0.435. The number of benzene rings is 1. The van der Waals surface area contributed by atoms with E-state index >= 15 is 0 Å². The van der Waals surface area contributed by atoms with Crippen molar-refractivity contribution in [3.63, 3.8) is 0 Å². The van der Waals surface area contributed by atoms with Crippen LogP contribution in [0.1, 0.15) is 23.4 Å². The normalized spacial score (nSPS) is 16.4. The number of ether oxygens (including phenoxy) is 2. The van der Waals surface area contributed by atoms with Gasteiger partial charge in [-0.2, -0.15) is 0 Å². The van der Waals surface area contributed by atoms with Crippen LogP contribution in [0.5, 0.6) is 5.88 Å². The molecule has 1 aromatic carbocycles. The Morgan fingerprint density at radius 1 is 1.14 bits per heavy atom. The van der Waals surface area contributed by atoms with E-state index in [1.807, 2.05) is 9.80 Å². The fourth-order valence-electron chi connectivity index (χ4n) is 4.03. The second-order valence-electron chi connectivity index (χ2n) is 8.25. The summed E-state index contributed by atoms with van der Waals surface area (Å²) in [7, 11) is 1.37. The molecule has 1 aliphatic heterocycles. The van der Waals surface area contributed by atoms with E-state index in [2.05, 4.69) is 20.5 Å². The van der Waals surface area contributed by atoms with Gasteiger partial charge in [-0.25, -0.2) is 13.5 Å². The van der Waals surface area contributed by atoms with Gasteiger partial charge in [0.1, 0.15) is 18.3 Å². The van der Waals surface area contributed by atoms with E-state index in [1.165, 1.54) is 19.2 Å². The molecule has 13 heteroatoms. The number of aromatic nitrogens is 5. The largest absolute Gasteiger partial charge is 0.470 e. The SMILES string of the molecule is COC(=O)[C@@H]1CN(c2ccc(OCc3c(C)nnn3-c3ccc(C(F)F)cc3)nn2)CCN1CCN. The number of anilines is 1. The van der Waals surface area contributed by atoms with Crippen molar-refractivity contribution in [3.8, 4) is 11.6 Å².